The van der Waals surface area contributed by atoms with Gasteiger partial charge in [-0.15, -0.1) is 0 Å². The summed E-state index contributed by atoms with van der Waals surface area (Å²) < 4.78 is 30.8. The molecule has 3 aromatic rings. The van der Waals surface area contributed by atoms with Crippen LogP contribution in [0.25, 0.3) is 0 Å². The molecular weight excluding hydrogens is 430 g/mol. The van der Waals surface area contributed by atoms with E-state index in [-0.39, 0.29) is 26.0 Å². The van der Waals surface area contributed by atoms with Crippen molar-refractivity contribution in [2.24, 2.45) is 0 Å². The normalized spacial score (nSPS) is 11.3. The predicted octanol–water partition coefficient (Wildman–Crippen LogP) is 3.92. The van der Waals surface area contributed by atoms with Gasteiger partial charge in [-0.3, -0.25) is 20.2 Å². The Labute approximate surface area is 176 Å². The van der Waals surface area contributed by atoms with Crippen molar-refractivity contribution in [3.63, 3.8) is 0 Å². The second-order valence-electron chi connectivity index (χ2n) is 6.38. The Bertz CT molecular complexity index is 1170. The van der Waals surface area contributed by atoms with E-state index in [4.69, 9.17) is 4.74 Å². The number of carbonyl (C=O) groups is 1. The van der Waals surface area contributed by atoms with Crippen molar-refractivity contribution in [3.05, 3.63) is 70.4 Å². The average Bonchev–Trinajstić information content (AvgIpc) is 3.17. The van der Waals surface area contributed by atoms with Crippen LogP contribution in [0, 0.1) is 10.1 Å². The van der Waals surface area contributed by atoms with Crippen LogP contribution < -0.4 is 10.1 Å². The van der Waals surface area contributed by atoms with Gasteiger partial charge in [0.2, 0.25) is 9.84 Å². The number of nitro groups is 1. The van der Waals surface area contributed by atoms with Crippen LogP contribution in [0.15, 0.2) is 63.8 Å². The number of aromatic nitrogens is 1. The summed E-state index contributed by atoms with van der Waals surface area (Å²) in [4.78, 5) is 26.3. The fourth-order valence-corrected chi connectivity index (χ4v) is 4.86. The van der Waals surface area contributed by atoms with Gasteiger partial charge in [-0.2, -0.15) is 0 Å². The van der Waals surface area contributed by atoms with Crippen LogP contribution >= 0.6 is 11.3 Å². The highest BCUT2D eigenvalue weighted by molar-refractivity contribution is 7.93. The molecule has 2 aromatic carbocycles. The van der Waals surface area contributed by atoms with E-state index in [1.165, 1.54) is 0 Å². The smallest absolute Gasteiger partial charge is 0.269 e. The van der Waals surface area contributed by atoms with Crippen LogP contribution in [0.1, 0.15) is 24.2 Å². The molecule has 0 spiro atoms. The first-order valence-corrected chi connectivity index (χ1v) is 11.0. The molecule has 30 heavy (non-hydrogen) atoms. The van der Waals surface area contributed by atoms with Crippen LogP contribution in [0.3, 0.4) is 0 Å². The van der Waals surface area contributed by atoms with E-state index in [2.05, 4.69) is 10.3 Å². The summed E-state index contributed by atoms with van der Waals surface area (Å²) in [6.45, 7) is 3.79. The molecule has 3 rings (SSSR count). The molecule has 1 heterocycles. The summed E-state index contributed by atoms with van der Waals surface area (Å²) >= 11 is 0.790. The number of amides is 1. The molecule has 0 aliphatic carbocycles. The second-order valence-corrected chi connectivity index (χ2v) is 9.59. The molecule has 1 aromatic heterocycles. The third-order valence-electron chi connectivity index (χ3n) is 3.82. The number of ether oxygens (including phenoxy) is 1. The number of sulfone groups is 1. The van der Waals surface area contributed by atoms with E-state index in [0.717, 1.165) is 41.8 Å². The van der Waals surface area contributed by atoms with E-state index >= 15 is 0 Å². The van der Waals surface area contributed by atoms with Gasteiger partial charge < -0.3 is 4.74 Å². The molecule has 0 aliphatic heterocycles. The minimum Gasteiger partial charge on any atom is -0.491 e. The maximum atomic E-state index is 12.7. The molecule has 0 unspecified atom stereocenters. The maximum absolute atomic E-state index is 12.7. The Hall–Kier alpha value is -3.31. The second kappa shape index (κ2) is 8.59. The molecule has 0 fully saturated rings. The van der Waals surface area contributed by atoms with Crippen molar-refractivity contribution in [1.29, 1.82) is 0 Å². The van der Waals surface area contributed by atoms with Crippen molar-refractivity contribution >= 4 is 37.9 Å². The minimum atomic E-state index is -3.91. The summed E-state index contributed by atoms with van der Waals surface area (Å²) in [5.41, 5.74) is 0.150. The standard InChI is InChI=1S/C19H17N3O6S2/c1-12(2)28-15-7-3-13(4-8-15)18(23)21-19-20-11-17(29-19)30(26,27)16-9-5-14(6-10-16)22(24)25/h3-12H,1-2H3,(H,20,21,23). The van der Waals surface area contributed by atoms with E-state index in [1.807, 2.05) is 13.8 Å². The van der Waals surface area contributed by atoms with Gasteiger partial charge in [0, 0.05) is 17.7 Å². The number of anilines is 1. The molecule has 11 heteroatoms. The number of nitrogens with one attached hydrogen (secondary N) is 1. The van der Waals surface area contributed by atoms with E-state index < -0.39 is 20.7 Å². The Morgan fingerprint density at radius 3 is 2.33 bits per heavy atom. The number of nitro benzene ring substituents is 1. The monoisotopic (exact) mass is 447 g/mol. The number of thiazole rings is 1. The first kappa shape index (κ1) is 21.4. The molecule has 0 radical (unpaired) electrons. The fourth-order valence-electron chi connectivity index (χ4n) is 2.43. The number of carbonyl (C=O) groups excluding carboxylic acids is 1. The van der Waals surface area contributed by atoms with Gasteiger partial charge in [-0.1, -0.05) is 11.3 Å². The summed E-state index contributed by atoms with van der Waals surface area (Å²) in [5, 5.41) is 13.4. The summed E-state index contributed by atoms with van der Waals surface area (Å²) in [7, 11) is -3.91. The van der Waals surface area contributed by atoms with Gasteiger partial charge in [0.1, 0.15) is 9.96 Å². The zero-order valence-corrected chi connectivity index (χ0v) is 17.6. The van der Waals surface area contributed by atoms with Gasteiger partial charge in [0.25, 0.3) is 11.6 Å². The lowest BCUT2D eigenvalue weighted by Gasteiger charge is -2.09. The third-order valence-corrected chi connectivity index (χ3v) is 6.96. The minimum absolute atomic E-state index is 0.0103. The van der Waals surface area contributed by atoms with Crippen LogP contribution in [0.5, 0.6) is 5.75 Å². The molecule has 1 amide bonds. The topological polar surface area (TPSA) is 128 Å². The van der Waals surface area contributed by atoms with Crippen molar-refractivity contribution in [2.75, 3.05) is 5.32 Å². The lowest BCUT2D eigenvalue weighted by atomic mass is 10.2. The zero-order chi connectivity index (χ0) is 21.9. The van der Waals surface area contributed by atoms with E-state index in [0.29, 0.717) is 11.3 Å². The SMILES string of the molecule is CC(C)Oc1ccc(C(=O)Nc2ncc(S(=O)(=O)c3ccc([N+](=O)[O-])cc3)s2)cc1. The van der Waals surface area contributed by atoms with E-state index in [1.54, 1.807) is 24.3 Å². The van der Waals surface area contributed by atoms with Crippen molar-refractivity contribution in [2.45, 2.75) is 29.1 Å². The van der Waals surface area contributed by atoms with Gasteiger partial charge >= 0.3 is 0 Å². The van der Waals surface area contributed by atoms with Crippen LogP contribution in [-0.2, 0) is 9.84 Å². The Kier molecular flexibility index (Phi) is 6.13. The van der Waals surface area contributed by atoms with E-state index in [9.17, 15) is 23.3 Å². The third kappa shape index (κ3) is 4.81. The highest BCUT2D eigenvalue weighted by Gasteiger charge is 2.22. The molecule has 1 N–H and O–H groups in total. The molecule has 0 atom stereocenters. The van der Waals surface area contributed by atoms with Gasteiger partial charge in [0.15, 0.2) is 5.13 Å². The zero-order valence-electron chi connectivity index (χ0n) is 15.9. The largest absolute Gasteiger partial charge is 0.491 e. The summed E-state index contributed by atoms with van der Waals surface area (Å²) in [6, 6.07) is 11.1. The quantitative estimate of drug-likeness (QED) is 0.429. The van der Waals surface area contributed by atoms with Gasteiger partial charge in [-0.25, -0.2) is 13.4 Å². The number of non-ortho nitro benzene ring substituents is 1. The van der Waals surface area contributed by atoms with Gasteiger partial charge in [0.05, 0.1) is 22.1 Å². The number of hydrogen-bond acceptors (Lipinski definition) is 8. The first-order chi connectivity index (χ1) is 14.2. The lowest BCUT2D eigenvalue weighted by molar-refractivity contribution is -0.384. The highest BCUT2D eigenvalue weighted by atomic mass is 32.2. The number of nitrogens with zero attached hydrogens (tertiary/aromatic N) is 2. The number of rotatable bonds is 7. The average molecular weight is 447 g/mol. The Morgan fingerprint density at radius 2 is 1.77 bits per heavy atom. The molecule has 0 saturated carbocycles. The lowest BCUT2D eigenvalue weighted by Crippen LogP contribution is -2.11. The summed E-state index contributed by atoms with van der Waals surface area (Å²) in [5.74, 6) is 0.187. The van der Waals surface area contributed by atoms with Crippen LogP contribution in [0.2, 0.25) is 0 Å². The summed E-state index contributed by atoms with van der Waals surface area (Å²) in [6.07, 6.45) is 1.15. The van der Waals surface area contributed by atoms with Crippen LogP contribution in [0.4, 0.5) is 10.8 Å². The van der Waals surface area contributed by atoms with Crippen molar-refractivity contribution < 1.29 is 22.9 Å². The van der Waals surface area contributed by atoms with Gasteiger partial charge in [-0.05, 0) is 50.2 Å². The van der Waals surface area contributed by atoms with Crippen LogP contribution in [-0.4, -0.2) is 30.3 Å². The maximum Gasteiger partial charge on any atom is 0.269 e. The molecule has 0 saturated heterocycles. The predicted molar refractivity (Wildman–Crippen MR) is 111 cm³/mol. The fraction of sp³-hybridized carbons (Fsp3) is 0.158. The first-order valence-electron chi connectivity index (χ1n) is 8.70. The number of hydrogen-bond donors (Lipinski definition) is 1. The number of benzene rings is 2. The van der Waals surface area contributed by atoms with Crippen molar-refractivity contribution in [3.8, 4) is 5.75 Å². The highest BCUT2D eigenvalue weighted by Crippen LogP contribution is 2.29. The van der Waals surface area contributed by atoms with Crippen molar-refractivity contribution in [1.82, 2.24) is 4.98 Å². The molecular formula is C19H17N3O6S2. The molecule has 0 bridgehead atoms. The molecule has 9 nitrogen and oxygen atoms in total. The Balaban J connectivity index is 1.73. The molecule has 0 aliphatic rings. The molecule has 156 valence electrons. The Morgan fingerprint density at radius 1 is 1.13 bits per heavy atom.